The predicted octanol–water partition coefficient (Wildman–Crippen LogP) is 4.34. The first kappa shape index (κ1) is 10.7. The molecule has 18 heavy (non-hydrogen) atoms. The number of nitrogens with one attached hydrogen (secondary N) is 2. The standard InChI is InChI=1S/2C8H7N/c2*1-2-4-8-7(3-1)5-6-9-8/h2*1-6,9H. The lowest BCUT2D eigenvalue weighted by Crippen LogP contribution is -1.61. The maximum atomic E-state index is 3.12. The molecule has 0 unspecified atom stereocenters. The molecule has 2 aromatic carbocycles. The van der Waals surface area contributed by atoms with E-state index < -0.39 is 0 Å². The quantitative estimate of drug-likeness (QED) is 0.453. The zero-order valence-electron chi connectivity index (χ0n) is 9.93. The fraction of sp³-hybridized carbons (Fsp3) is 0. The third kappa shape index (κ3) is 2.13. The summed E-state index contributed by atoms with van der Waals surface area (Å²) < 4.78 is 0. The maximum absolute atomic E-state index is 3.12. The molecular formula is C16H14N2. The number of aromatic amines is 2. The Morgan fingerprint density at radius 2 is 0.944 bits per heavy atom. The molecule has 2 aromatic heterocycles. The Kier molecular flexibility index (Phi) is 2.84. The molecule has 0 saturated heterocycles. The van der Waals surface area contributed by atoms with Crippen molar-refractivity contribution in [3.05, 3.63) is 73.1 Å². The highest BCUT2D eigenvalue weighted by molar-refractivity contribution is 5.79. The fourth-order valence-electron chi connectivity index (χ4n) is 1.99. The van der Waals surface area contributed by atoms with Crippen molar-refractivity contribution >= 4 is 21.8 Å². The van der Waals surface area contributed by atoms with Gasteiger partial charge in [-0.2, -0.15) is 0 Å². The second kappa shape index (κ2) is 4.80. The van der Waals surface area contributed by atoms with Crippen LogP contribution in [0, 0.1) is 0 Å². The largest absolute Gasteiger partial charge is 0.361 e. The first-order chi connectivity index (χ1) is 8.93. The van der Waals surface area contributed by atoms with Gasteiger partial charge >= 0.3 is 0 Å². The number of benzene rings is 2. The highest BCUT2D eigenvalue weighted by Crippen LogP contribution is 2.09. The zero-order chi connectivity index (χ0) is 12.2. The second-order valence-electron chi connectivity index (χ2n) is 4.13. The van der Waals surface area contributed by atoms with Crippen molar-refractivity contribution in [3.8, 4) is 0 Å². The van der Waals surface area contributed by atoms with Crippen LogP contribution in [0.3, 0.4) is 0 Å². The Balaban J connectivity index is 0.000000111. The second-order valence-corrected chi connectivity index (χ2v) is 4.13. The first-order valence-corrected chi connectivity index (χ1v) is 5.98. The van der Waals surface area contributed by atoms with Crippen LogP contribution >= 0.6 is 0 Å². The summed E-state index contributed by atoms with van der Waals surface area (Å²) in [7, 11) is 0. The van der Waals surface area contributed by atoms with E-state index in [1.54, 1.807) is 0 Å². The maximum Gasteiger partial charge on any atom is 0.0453 e. The number of hydrogen-bond acceptors (Lipinski definition) is 0. The predicted molar refractivity (Wildman–Crippen MR) is 76.6 cm³/mol. The fourth-order valence-corrected chi connectivity index (χ4v) is 1.99. The van der Waals surface area contributed by atoms with Crippen molar-refractivity contribution in [3.63, 3.8) is 0 Å². The number of aromatic nitrogens is 2. The molecule has 4 aromatic rings. The summed E-state index contributed by atoms with van der Waals surface area (Å²) in [6.45, 7) is 0. The Morgan fingerprint density at radius 1 is 0.500 bits per heavy atom. The van der Waals surface area contributed by atoms with Crippen molar-refractivity contribution in [2.24, 2.45) is 0 Å². The van der Waals surface area contributed by atoms with Crippen molar-refractivity contribution in [2.45, 2.75) is 0 Å². The minimum atomic E-state index is 1.21. The van der Waals surface area contributed by atoms with Crippen LogP contribution in [0.2, 0.25) is 0 Å². The van der Waals surface area contributed by atoms with Gasteiger partial charge in [0.2, 0.25) is 0 Å². The van der Waals surface area contributed by atoms with Gasteiger partial charge in [-0.1, -0.05) is 36.4 Å². The summed E-state index contributed by atoms with van der Waals surface area (Å²) in [6, 6.07) is 20.6. The van der Waals surface area contributed by atoms with Gasteiger partial charge in [0.25, 0.3) is 0 Å². The third-order valence-corrected chi connectivity index (χ3v) is 2.93. The van der Waals surface area contributed by atoms with Crippen molar-refractivity contribution in [2.75, 3.05) is 0 Å². The van der Waals surface area contributed by atoms with Gasteiger partial charge in [-0.3, -0.25) is 0 Å². The number of H-pyrrole nitrogens is 2. The molecule has 2 heteroatoms. The molecule has 0 aliphatic carbocycles. The molecule has 0 atom stereocenters. The van der Waals surface area contributed by atoms with Gasteiger partial charge in [0.1, 0.15) is 0 Å². The van der Waals surface area contributed by atoms with Crippen LogP contribution in [0.15, 0.2) is 73.1 Å². The zero-order valence-corrected chi connectivity index (χ0v) is 9.93. The van der Waals surface area contributed by atoms with Crippen LogP contribution in [-0.2, 0) is 0 Å². The van der Waals surface area contributed by atoms with Gasteiger partial charge in [-0.25, -0.2) is 0 Å². The minimum Gasteiger partial charge on any atom is -0.361 e. The topological polar surface area (TPSA) is 31.6 Å². The van der Waals surface area contributed by atoms with Crippen LogP contribution in [-0.4, -0.2) is 9.97 Å². The third-order valence-electron chi connectivity index (χ3n) is 2.93. The van der Waals surface area contributed by atoms with E-state index in [-0.39, 0.29) is 0 Å². The molecule has 2 nitrogen and oxygen atoms in total. The highest BCUT2D eigenvalue weighted by Gasteiger charge is 1.87. The number of para-hydroxylation sites is 2. The minimum absolute atomic E-state index is 1.21. The first-order valence-electron chi connectivity index (χ1n) is 5.98. The van der Waals surface area contributed by atoms with Gasteiger partial charge in [0.05, 0.1) is 0 Å². The molecule has 0 amide bonds. The van der Waals surface area contributed by atoms with E-state index in [4.69, 9.17) is 0 Å². The molecule has 4 rings (SSSR count). The van der Waals surface area contributed by atoms with Crippen LogP contribution in [0.25, 0.3) is 21.8 Å². The number of rotatable bonds is 0. The number of hydrogen-bond donors (Lipinski definition) is 2. The Morgan fingerprint density at radius 3 is 1.39 bits per heavy atom. The molecule has 0 aliphatic rings. The van der Waals surface area contributed by atoms with Crippen LogP contribution in [0.5, 0.6) is 0 Å². The average Bonchev–Trinajstić information content (AvgIpc) is 3.08. The smallest absolute Gasteiger partial charge is 0.0453 e. The summed E-state index contributed by atoms with van der Waals surface area (Å²) in [5.41, 5.74) is 2.41. The molecule has 0 saturated carbocycles. The van der Waals surface area contributed by atoms with Crippen LogP contribution in [0.4, 0.5) is 0 Å². The summed E-state index contributed by atoms with van der Waals surface area (Å²) in [4.78, 5) is 6.24. The van der Waals surface area contributed by atoms with Crippen LogP contribution in [0.1, 0.15) is 0 Å². The SMILES string of the molecule is c1ccc2[nH]ccc2c1.c1ccc2[nH]ccc2c1. The molecule has 2 heterocycles. The normalized spacial score (nSPS) is 10.2. The molecule has 2 N–H and O–H groups in total. The number of fused-ring (bicyclic) bond motifs is 2. The van der Waals surface area contributed by atoms with Gasteiger partial charge in [0, 0.05) is 23.4 Å². The van der Waals surface area contributed by atoms with E-state index in [1.165, 1.54) is 21.8 Å². The van der Waals surface area contributed by atoms with Crippen LogP contribution < -0.4 is 0 Å². The molecule has 0 aliphatic heterocycles. The monoisotopic (exact) mass is 234 g/mol. The van der Waals surface area contributed by atoms with Crippen molar-refractivity contribution in [1.82, 2.24) is 9.97 Å². The van der Waals surface area contributed by atoms with Crippen molar-refractivity contribution in [1.29, 1.82) is 0 Å². The highest BCUT2D eigenvalue weighted by atomic mass is 14.7. The van der Waals surface area contributed by atoms with Gasteiger partial charge in [0.15, 0.2) is 0 Å². The van der Waals surface area contributed by atoms with Gasteiger partial charge < -0.3 is 9.97 Å². The Bertz CT molecular complexity index is 623. The lowest BCUT2D eigenvalue weighted by Gasteiger charge is -1.83. The Hall–Kier alpha value is -2.48. The summed E-state index contributed by atoms with van der Waals surface area (Å²) in [5.74, 6) is 0. The van der Waals surface area contributed by atoms with Crippen molar-refractivity contribution < 1.29 is 0 Å². The Labute approximate surface area is 105 Å². The molecule has 88 valence electrons. The molecular weight excluding hydrogens is 220 g/mol. The van der Waals surface area contributed by atoms with Gasteiger partial charge in [-0.15, -0.1) is 0 Å². The summed E-state index contributed by atoms with van der Waals surface area (Å²) in [5, 5.41) is 2.55. The van der Waals surface area contributed by atoms with Gasteiger partial charge in [-0.05, 0) is 35.0 Å². The molecule has 0 spiro atoms. The van der Waals surface area contributed by atoms with E-state index in [2.05, 4.69) is 46.4 Å². The molecule has 0 radical (unpaired) electrons. The van der Waals surface area contributed by atoms with E-state index in [9.17, 15) is 0 Å². The van der Waals surface area contributed by atoms with E-state index in [1.807, 2.05) is 36.7 Å². The lowest BCUT2D eigenvalue weighted by atomic mass is 10.3. The van der Waals surface area contributed by atoms with E-state index in [0.717, 1.165) is 0 Å². The summed E-state index contributed by atoms with van der Waals surface area (Å²) in [6.07, 6.45) is 3.90. The molecule has 0 fully saturated rings. The average molecular weight is 234 g/mol. The van der Waals surface area contributed by atoms with E-state index in [0.29, 0.717) is 0 Å². The molecule has 0 bridgehead atoms. The van der Waals surface area contributed by atoms with E-state index >= 15 is 0 Å². The lowest BCUT2D eigenvalue weighted by molar-refractivity contribution is 1.48. The summed E-state index contributed by atoms with van der Waals surface area (Å²) >= 11 is 0.